The van der Waals surface area contributed by atoms with Gasteiger partial charge in [0.25, 0.3) is 0 Å². The summed E-state index contributed by atoms with van der Waals surface area (Å²) in [6, 6.07) is 8.40. The molecule has 1 unspecified atom stereocenters. The summed E-state index contributed by atoms with van der Waals surface area (Å²) in [5, 5.41) is 0. The molecule has 1 fully saturated rings. The molecule has 3 rings (SSSR count). The van der Waals surface area contributed by atoms with Crippen LogP contribution in [0.3, 0.4) is 0 Å². The van der Waals surface area contributed by atoms with E-state index < -0.39 is 0 Å². The zero-order valence-corrected chi connectivity index (χ0v) is 11.4. The van der Waals surface area contributed by atoms with E-state index in [9.17, 15) is 0 Å². The fourth-order valence-electron chi connectivity index (χ4n) is 2.97. The number of piperidine rings is 1. The van der Waals surface area contributed by atoms with Crippen LogP contribution in [0.25, 0.3) is 0 Å². The van der Waals surface area contributed by atoms with Crippen LogP contribution < -0.4 is 4.74 Å². The number of nitrogens with zero attached hydrogens (tertiary/aromatic N) is 1. The standard InChI is InChI=1S/C15H20ClNO/c16-10-12-5-7-17(8-6-12)11-14-9-13-3-1-2-4-15(13)18-14/h1-4,12,14H,5-11H2. The van der Waals surface area contributed by atoms with Crippen molar-refractivity contribution in [2.45, 2.75) is 25.4 Å². The van der Waals surface area contributed by atoms with Gasteiger partial charge in [-0.3, -0.25) is 4.90 Å². The quantitative estimate of drug-likeness (QED) is 0.779. The highest BCUT2D eigenvalue weighted by molar-refractivity contribution is 6.18. The lowest BCUT2D eigenvalue weighted by atomic mass is 9.98. The normalized spacial score (nSPS) is 24.8. The number of hydrogen-bond acceptors (Lipinski definition) is 2. The summed E-state index contributed by atoms with van der Waals surface area (Å²) in [6.45, 7) is 3.41. The van der Waals surface area contributed by atoms with Gasteiger partial charge >= 0.3 is 0 Å². The minimum atomic E-state index is 0.343. The van der Waals surface area contributed by atoms with Crippen molar-refractivity contribution in [3.05, 3.63) is 29.8 Å². The summed E-state index contributed by atoms with van der Waals surface area (Å²) >= 11 is 5.92. The van der Waals surface area contributed by atoms with Gasteiger partial charge in [0.05, 0.1) is 0 Å². The summed E-state index contributed by atoms with van der Waals surface area (Å²) in [7, 11) is 0. The maximum absolute atomic E-state index is 6.00. The topological polar surface area (TPSA) is 12.5 Å². The molecule has 18 heavy (non-hydrogen) atoms. The van der Waals surface area contributed by atoms with Gasteiger partial charge in [0.1, 0.15) is 11.9 Å². The Hall–Kier alpha value is -0.730. The van der Waals surface area contributed by atoms with Crippen LogP contribution in [0.1, 0.15) is 18.4 Å². The van der Waals surface area contributed by atoms with E-state index in [0.717, 1.165) is 30.5 Å². The van der Waals surface area contributed by atoms with Crippen LogP contribution >= 0.6 is 11.6 Å². The molecule has 0 radical (unpaired) electrons. The number of alkyl halides is 1. The number of ether oxygens (including phenoxy) is 1. The molecule has 3 heteroatoms. The molecule has 2 aliphatic rings. The molecule has 0 spiro atoms. The van der Waals surface area contributed by atoms with Crippen molar-refractivity contribution in [1.29, 1.82) is 0 Å². The summed E-state index contributed by atoms with van der Waals surface area (Å²) in [5.74, 6) is 2.63. The summed E-state index contributed by atoms with van der Waals surface area (Å²) < 4.78 is 6.00. The lowest BCUT2D eigenvalue weighted by molar-refractivity contribution is 0.121. The van der Waals surface area contributed by atoms with E-state index in [-0.39, 0.29) is 0 Å². The Bertz CT molecular complexity index is 376. The Morgan fingerprint density at radius 1 is 1.22 bits per heavy atom. The van der Waals surface area contributed by atoms with E-state index in [2.05, 4.69) is 23.1 Å². The van der Waals surface area contributed by atoms with Crippen molar-refractivity contribution < 1.29 is 4.74 Å². The first-order valence-electron chi connectivity index (χ1n) is 6.88. The van der Waals surface area contributed by atoms with Gasteiger partial charge in [-0.15, -0.1) is 11.6 Å². The highest BCUT2D eigenvalue weighted by Gasteiger charge is 2.26. The van der Waals surface area contributed by atoms with Crippen LogP contribution in [0.15, 0.2) is 24.3 Å². The lowest BCUT2D eigenvalue weighted by Crippen LogP contribution is -2.40. The minimum Gasteiger partial charge on any atom is -0.488 e. The van der Waals surface area contributed by atoms with Crippen LogP contribution in [0.5, 0.6) is 5.75 Å². The zero-order chi connectivity index (χ0) is 12.4. The van der Waals surface area contributed by atoms with Gasteiger partial charge in [0.2, 0.25) is 0 Å². The van der Waals surface area contributed by atoms with Gasteiger partial charge in [-0.2, -0.15) is 0 Å². The molecule has 1 saturated heterocycles. The third-order valence-electron chi connectivity index (χ3n) is 4.10. The van der Waals surface area contributed by atoms with Crippen LogP contribution in [0, 0.1) is 5.92 Å². The van der Waals surface area contributed by atoms with Crippen LogP contribution in [0.2, 0.25) is 0 Å². The third kappa shape index (κ3) is 2.65. The number of rotatable bonds is 3. The number of halogens is 1. The number of hydrogen-bond donors (Lipinski definition) is 0. The molecule has 1 atom stereocenters. The van der Waals surface area contributed by atoms with Gasteiger partial charge in [-0.1, -0.05) is 18.2 Å². The molecule has 2 heterocycles. The first-order chi connectivity index (χ1) is 8.85. The number of para-hydroxylation sites is 1. The second-order valence-corrected chi connectivity index (χ2v) is 5.76. The van der Waals surface area contributed by atoms with Gasteiger partial charge in [-0.05, 0) is 43.5 Å². The number of fused-ring (bicyclic) bond motifs is 1. The van der Waals surface area contributed by atoms with E-state index in [1.165, 1.54) is 31.5 Å². The van der Waals surface area contributed by atoms with E-state index in [0.29, 0.717) is 6.10 Å². The van der Waals surface area contributed by atoms with E-state index in [1.54, 1.807) is 0 Å². The Kier molecular flexibility index (Phi) is 3.76. The maximum Gasteiger partial charge on any atom is 0.123 e. The van der Waals surface area contributed by atoms with Gasteiger partial charge in [0, 0.05) is 18.8 Å². The predicted octanol–water partition coefficient (Wildman–Crippen LogP) is 2.94. The summed E-state index contributed by atoms with van der Waals surface area (Å²) in [4.78, 5) is 2.53. The minimum absolute atomic E-state index is 0.343. The Labute approximate surface area is 114 Å². The molecular weight excluding hydrogens is 246 g/mol. The number of benzene rings is 1. The predicted molar refractivity (Wildman–Crippen MR) is 74.4 cm³/mol. The van der Waals surface area contributed by atoms with Crippen LogP contribution in [0.4, 0.5) is 0 Å². The molecule has 1 aromatic carbocycles. The van der Waals surface area contributed by atoms with Crippen molar-refractivity contribution in [3.8, 4) is 5.75 Å². The largest absolute Gasteiger partial charge is 0.488 e. The van der Waals surface area contributed by atoms with Gasteiger partial charge in [0.15, 0.2) is 0 Å². The van der Waals surface area contributed by atoms with Crippen LogP contribution in [-0.4, -0.2) is 36.5 Å². The van der Waals surface area contributed by atoms with E-state index in [4.69, 9.17) is 16.3 Å². The van der Waals surface area contributed by atoms with Crippen molar-refractivity contribution in [3.63, 3.8) is 0 Å². The van der Waals surface area contributed by atoms with Gasteiger partial charge in [-0.25, -0.2) is 0 Å². The molecule has 2 nitrogen and oxygen atoms in total. The van der Waals surface area contributed by atoms with Crippen molar-refractivity contribution in [1.82, 2.24) is 4.90 Å². The average Bonchev–Trinajstić information content (AvgIpc) is 2.82. The second-order valence-electron chi connectivity index (χ2n) is 5.45. The van der Waals surface area contributed by atoms with Gasteiger partial charge < -0.3 is 4.74 Å². The highest BCUT2D eigenvalue weighted by Crippen LogP contribution is 2.29. The first kappa shape index (κ1) is 12.3. The molecule has 0 N–H and O–H groups in total. The molecule has 0 aromatic heterocycles. The fraction of sp³-hybridized carbons (Fsp3) is 0.600. The Morgan fingerprint density at radius 3 is 2.72 bits per heavy atom. The summed E-state index contributed by atoms with van der Waals surface area (Å²) in [5.41, 5.74) is 1.36. The lowest BCUT2D eigenvalue weighted by Gasteiger charge is -2.32. The SMILES string of the molecule is ClCC1CCN(CC2Cc3ccccc3O2)CC1. The monoisotopic (exact) mass is 265 g/mol. The summed E-state index contributed by atoms with van der Waals surface area (Å²) in [6.07, 6.45) is 3.88. The zero-order valence-electron chi connectivity index (χ0n) is 10.6. The highest BCUT2D eigenvalue weighted by atomic mass is 35.5. The smallest absolute Gasteiger partial charge is 0.123 e. The molecule has 0 bridgehead atoms. The Balaban J connectivity index is 1.51. The Morgan fingerprint density at radius 2 is 2.00 bits per heavy atom. The average molecular weight is 266 g/mol. The molecule has 98 valence electrons. The van der Waals surface area contributed by atoms with E-state index in [1.807, 2.05) is 6.07 Å². The van der Waals surface area contributed by atoms with Crippen molar-refractivity contribution >= 4 is 11.6 Å². The van der Waals surface area contributed by atoms with E-state index >= 15 is 0 Å². The third-order valence-corrected chi connectivity index (χ3v) is 4.54. The maximum atomic E-state index is 6.00. The van der Waals surface area contributed by atoms with Crippen LogP contribution in [-0.2, 0) is 6.42 Å². The first-order valence-corrected chi connectivity index (χ1v) is 7.41. The molecule has 0 aliphatic carbocycles. The molecule has 1 aromatic rings. The molecule has 0 amide bonds. The molecule has 0 saturated carbocycles. The second kappa shape index (κ2) is 5.50. The fourth-order valence-corrected chi connectivity index (χ4v) is 3.28. The number of likely N-dealkylation sites (tertiary alicyclic amines) is 1. The molecule has 2 aliphatic heterocycles. The molecular formula is C15H20ClNO. The van der Waals surface area contributed by atoms with Crippen molar-refractivity contribution in [2.75, 3.05) is 25.5 Å². The van der Waals surface area contributed by atoms with Crippen molar-refractivity contribution in [2.24, 2.45) is 5.92 Å².